The molecule has 3 heterocycles. The Bertz CT molecular complexity index is 1060. The number of aromatic nitrogens is 4. The Labute approximate surface area is 213 Å². The van der Waals surface area contributed by atoms with E-state index in [1.807, 2.05) is 47.2 Å². The van der Waals surface area contributed by atoms with E-state index in [1.54, 1.807) is 12.5 Å². The molecule has 192 valence electrons. The van der Waals surface area contributed by atoms with Crippen molar-refractivity contribution in [3.8, 4) is 5.69 Å². The number of carbonyl (C=O) groups is 1. The molecule has 1 saturated heterocycles. The Balaban J connectivity index is 1.22. The minimum atomic E-state index is 0.0620. The molecule has 2 N–H and O–H groups in total. The molecule has 0 spiro atoms. The third-order valence-corrected chi connectivity index (χ3v) is 6.78. The molecule has 0 unspecified atom stereocenters. The molecule has 1 aliphatic rings. The molecule has 36 heavy (non-hydrogen) atoms. The Kier molecular flexibility index (Phi) is 8.53. The summed E-state index contributed by atoms with van der Waals surface area (Å²) in [6, 6.07) is 12.9. The van der Waals surface area contributed by atoms with E-state index in [0.29, 0.717) is 24.4 Å². The van der Waals surface area contributed by atoms with Crippen LogP contribution in [0, 0.1) is 5.92 Å². The van der Waals surface area contributed by atoms with Crippen molar-refractivity contribution in [3.63, 3.8) is 0 Å². The number of anilines is 3. The normalized spacial score (nSPS) is 14.6. The third-order valence-electron chi connectivity index (χ3n) is 6.78. The monoisotopic (exact) mass is 490 g/mol. The first-order chi connectivity index (χ1) is 17.4. The summed E-state index contributed by atoms with van der Waals surface area (Å²) in [6.07, 6.45) is 7.10. The van der Waals surface area contributed by atoms with E-state index in [1.165, 1.54) is 0 Å². The van der Waals surface area contributed by atoms with Crippen LogP contribution in [-0.2, 0) is 4.79 Å². The first-order valence-electron chi connectivity index (χ1n) is 12.9. The molecule has 1 aromatic carbocycles. The highest BCUT2D eigenvalue weighted by atomic mass is 16.1. The number of imidazole rings is 1. The topological polar surface area (TPSA) is 91.2 Å². The molecule has 3 aromatic rings. The van der Waals surface area contributed by atoms with Gasteiger partial charge in [-0.05, 0) is 76.9 Å². The van der Waals surface area contributed by atoms with Gasteiger partial charge in [-0.15, -0.1) is 10.2 Å². The minimum absolute atomic E-state index is 0.0620. The van der Waals surface area contributed by atoms with Gasteiger partial charge < -0.3 is 20.1 Å². The van der Waals surface area contributed by atoms with Gasteiger partial charge in [-0.2, -0.15) is 0 Å². The summed E-state index contributed by atoms with van der Waals surface area (Å²) in [6.45, 7) is 12.0. The average Bonchev–Trinajstić information content (AvgIpc) is 3.42. The van der Waals surface area contributed by atoms with Crippen molar-refractivity contribution >= 4 is 23.2 Å². The molecule has 0 radical (unpaired) electrons. The molecule has 0 saturated carbocycles. The molecule has 9 nitrogen and oxygen atoms in total. The molecular weight excluding hydrogens is 452 g/mol. The smallest absolute Gasteiger partial charge is 0.223 e. The van der Waals surface area contributed by atoms with Gasteiger partial charge in [0.25, 0.3) is 0 Å². The number of nitrogens with one attached hydrogen (secondary N) is 2. The van der Waals surface area contributed by atoms with Gasteiger partial charge in [0.15, 0.2) is 11.6 Å². The van der Waals surface area contributed by atoms with Crippen LogP contribution >= 0.6 is 0 Å². The second-order valence-electron chi connectivity index (χ2n) is 9.90. The van der Waals surface area contributed by atoms with Crippen LogP contribution in [0.25, 0.3) is 5.69 Å². The van der Waals surface area contributed by atoms with Gasteiger partial charge in [-0.25, -0.2) is 4.98 Å². The fraction of sp³-hybridized carbons (Fsp3) is 0.481. The Morgan fingerprint density at radius 2 is 1.75 bits per heavy atom. The number of piperidine rings is 1. The zero-order valence-corrected chi connectivity index (χ0v) is 21.8. The van der Waals surface area contributed by atoms with Crippen molar-refractivity contribution in [3.05, 3.63) is 55.1 Å². The van der Waals surface area contributed by atoms with Crippen molar-refractivity contribution in [1.82, 2.24) is 30.0 Å². The summed E-state index contributed by atoms with van der Waals surface area (Å²) in [5.41, 5.74) is 1.99. The summed E-state index contributed by atoms with van der Waals surface area (Å²) in [5, 5.41) is 15.2. The fourth-order valence-corrected chi connectivity index (χ4v) is 4.77. The lowest BCUT2D eigenvalue weighted by molar-refractivity contribution is -0.125. The number of nitrogens with zero attached hydrogens (tertiary/aromatic N) is 6. The summed E-state index contributed by atoms with van der Waals surface area (Å²) in [4.78, 5) is 21.4. The zero-order valence-electron chi connectivity index (χ0n) is 21.8. The lowest BCUT2D eigenvalue weighted by atomic mass is 9.96. The highest BCUT2D eigenvalue weighted by Crippen LogP contribution is 2.23. The van der Waals surface area contributed by atoms with Crippen molar-refractivity contribution < 1.29 is 4.79 Å². The molecule has 1 fully saturated rings. The second-order valence-corrected chi connectivity index (χ2v) is 9.90. The van der Waals surface area contributed by atoms with Gasteiger partial charge in [0.05, 0.1) is 6.33 Å². The predicted octanol–water partition coefficient (Wildman–Crippen LogP) is 3.86. The minimum Gasteiger partial charge on any atom is -0.355 e. The lowest BCUT2D eigenvalue weighted by Gasteiger charge is -2.33. The van der Waals surface area contributed by atoms with Crippen LogP contribution in [0.1, 0.15) is 40.5 Å². The van der Waals surface area contributed by atoms with Crippen LogP contribution in [0.15, 0.2) is 55.1 Å². The van der Waals surface area contributed by atoms with Crippen molar-refractivity contribution in [2.24, 2.45) is 5.92 Å². The fourth-order valence-electron chi connectivity index (χ4n) is 4.77. The Morgan fingerprint density at radius 3 is 2.33 bits per heavy atom. The molecule has 0 bridgehead atoms. The highest BCUT2D eigenvalue weighted by molar-refractivity contribution is 5.79. The summed E-state index contributed by atoms with van der Waals surface area (Å²) >= 11 is 0. The van der Waals surface area contributed by atoms with E-state index in [9.17, 15) is 4.79 Å². The van der Waals surface area contributed by atoms with E-state index in [2.05, 4.69) is 63.3 Å². The maximum absolute atomic E-state index is 12.7. The van der Waals surface area contributed by atoms with Crippen LogP contribution in [0.5, 0.6) is 0 Å². The summed E-state index contributed by atoms with van der Waals surface area (Å²) in [7, 11) is 0. The number of hydrogen-bond donors (Lipinski definition) is 2. The van der Waals surface area contributed by atoms with E-state index in [4.69, 9.17) is 0 Å². The Morgan fingerprint density at radius 1 is 1.03 bits per heavy atom. The SMILES string of the molecule is CC(C)N(CCNC(=O)C1CCN(c2ccc(Nc3ccc(-n4ccnc4)cc3)nn2)CC1)C(C)C. The number of carbonyl (C=O) groups excluding carboxylic acids is 1. The molecular formula is C27H38N8O. The van der Waals surface area contributed by atoms with Crippen LogP contribution in [0.4, 0.5) is 17.3 Å². The first-order valence-corrected chi connectivity index (χ1v) is 12.9. The van der Waals surface area contributed by atoms with Crippen LogP contribution in [0.3, 0.4) is 0 Å². The zero-order chi connectivity index (χ0) is 25.5. The van der Waals surface area contributed by atoms with Crippen molar-refractivity contribution in [2.45, 2.75) is 52.6 Å². The summed E-state index contributed by atoms with van der Waals surface area (Å²) in [5.74, 6) is 1.78. The quantitative estimate of drug-likeness (QED) is 0.446. The maximum Gasteiger partial charge on any atom is 0.223 e. The van der Waals surface area contributed by atoms with Crippen LogP contribution in [0.2, 0.25) is 0 Å². The van der Waals surface area contributed by atoms with E-state index in [-0.39, 0.29) is 11.8 Å². The van der Waals surface area contributed by atoms with Gasteiger partial charge in [-0.1, -0.05) is 0 Å². The average molecular weight is 491 g/mol. The van der Waals surface area contributed by atoms with Gasteiger partial charge in [0.2, 0.25) is 5.91 Å². The van der Waals surface area contributed by atoms with E-state index >= 15 is 0 Å². The molecule has 2 aromatic heterocycles. The van der Waals surface area contributed by atoms with Crippen molar-refractivity contribution in [1.29, 1.82) is 0 Å². The molecule has 0 aliphatic carbocycles. The second kappa shape index (κ2) is 12.0. The number of amides is 1. The molecule has 1 amide bonds. The van der Waals surface area contributed by atoms with Crippen molar-refractivity contribution in [2.75, 3.05) is 36.4 Å². The van der Waals surface area contributed by atoms with Gasteiger partial charge >= 0.3 is 0 Å². The van der Waals surface area contributed by atoms with Gasteiger partial charge in [0.1, 0.15) is 0 Å². The number of benzene rings is 1. The van der Waals surface area contributed by atoms with Gasteiger partial charge in [0, 0.05) is 67.9 Å². The summed E-state index contributed by atoms with van der Waals surface area (Å²) < 4.78 is 1.96. The third kappa shape index (κ3) is 6.60. The van der Waals surface area contributed by atoms with E-state index < -0.39 is 0 Å². The highest BCUT2D eigenvalue weighted by Gasteiger charge is 2.26. The maximum atomic E-state index is 12.7. The first kappa shape index (κ1) is 25.6. The lowest BCUT2D eigenvalue weighted by Crippen LogP contribution is -2.45. The van der Waals surface area contributed by atoms with Crippen LogP contribution in [-0.4, -0.2) is 68.8 Å². The van der Waals surface area contributed by atoms with Crippen LogP contribution < -0.4 is 15.5 Å². The molecule has 4 rings (SSSR count). The predicted molar refractivity (Wildman–Crippen MR) is 144 cm³/mol. The number of rotatable bonds is 10. The van der Waals surface area contributed by atoms with E-state index in [0.717, 1.165) is 49.7 Å². The van der Waals surface area contributed by atoms with Gasteiger partial charge in [-0.3, -0.25) is 9.69 Å². The molecule has 1 aliphatic heterocycles. The molecule has 0 atom stereocenters. The number of hydrogen-bond acceptors (Lipinski definition) is 7. The molecule has 9 heteroatoms. The standard InChI is InChI=1S/C27H38N8O/c1-20(2)35(21(3)4)18-14-29-27(36)22-11-15-33(16-12-22)26-10-9-25(31-32-26)30-23-5-7-24(8-6-23)34-17-13-28-19-34/h5-10,13,17,19-22H,11-12,14-16,18H2,1-4H3,(H,29,36)(H,30,31). The largest absolute Gasteiger partial charge is 0.355 e. The Hall–Kier alpha value is -3.46.